The average molecular weight is 356 g/mol. The summed E-state index contributed by atoms with van der Waals surface area (Å²) in [4.78, 5) is 25.9. The molecule has 1 saturated carbocycles. The minimum atomic E-state index is -0.649. The van der Waals surface area contributed by atoms with Crippen molar-refractivity contribution in [3.05, 3.63) is 11.3 Å². The van der Waals surface area contributed by atoms with Crippen LogP contribution < -0.4 is 9.80 Å². The highest BCUT2D eigenvalue weighted by molar-refractivity contribution is 5.67. The van der Waals surface area contributed by atoms with Crippen LogP contribution in [0, 0.1) is 17.8 Å². The number of carboxylic acids is 1. The second-order valence-electron chi connectivity index (χ2n) is 8.90. The molecule has 140 valence electrons. The van der Waals surface area contributed by atoms with E-state index >= 15 is 0 Å². The predicted molar refractivity (Wildman–Crippen MR) is 99.7 cm³/mol. The average Bonchev–Trinajstić information content (AvgIpc) is 2.99. The molecule has 1 N–H and O–H groups in total. The van der Waals surface area contributed by atoms with Crippen molar-refractivity contribution in [3.8, 4) is 0 Å². The highest BCUT2D eigenvalue weighted by Gasteiger charge is 2.48. The van der Waals surface area contributed by atoms with E-state index in [1.165, 1.54) is 30.5 Å². The lowest BCUT2D eigenvalue weighted by Crippen LogP contribution is -2.56. The van der Waals surface area contributed by atoms with Crippen LogP contribution in [0.4, 0.5) is 11.8 Å². The number of fused-ring (bicyclic) bond motifs is 3. The van der Waals surface area contributed by atoms with Gasteiger partial charge in [0.15, 0.2) is 0 Å². The van der Waals surface area contributed by atoms with Gasteiger partial charge in [-0.05, 0) is 56.3 Å². The molecule has 4 fully saturated rings. The number of aromatic nitrogens is 2. The number of piperidine rings is 2. The van der Waals surface area contributed by atoms with Gasteiger partial charge in [0.1, 0.15) is 5.82 Å². The van der Waals surface area contributed by atoms with Crippen LogP contribution in [0.15, 0.2) is 0 Å². The number of carboxylic acid groups (broad SMARTS) is 1. The third-order valence-corrected chi connectivity index (χ3v) is 7.31. The van der Waals surface area contributed by atoms with Gasteiger partial charge in [0.25, 0.3) is 0 Å². The van der Waals surface area contributed by atoms with Crippen molar-refractivity contribution in [3.63, 3.8) is 0 Å². The zero-order chi connectivity index (χ0) is 18.0. The van der Waals surface area contributed by atoms with Gasteiger partial charge in [-0.2, -0.15) is 4.98 Å². The normalized spacial score (nSPS) is 34.9. The molecule has 6 nitrogen and oxygen atoms in total. The Hall–Kier alpha value is -1.85. The number of anilines is 2. The molecule has 0 radical (unpaired) electrons. The maximum Gasteiger partial charge on any atom is 0.303 e. The van der Waals surface area contributed by atoms with Crippen LogP contribution >= 0.6 is 0 Å². The Morgan fingerprint density at radius 3 is 2.58 bits per heavy atom. The van der Waals surface area contributed by atoms with Crippen molar-refractivity contribution in [1.82, 2.24) is 9.97 Å². The van der Waals surface area contributed by atoms with Gasteiger partial charge >= 0.3 is 5.97 Å². The molecule has 2 bridgehead atoms. The lowest BCUT2D eigenvalue weighted by Gasteiger charge is -2.54. The first-order chi connectivity index (χ1) is 12.5. The van der Waals surface area contributed by atoms with Crippen LogP contribution in [-0.2, 0) is 11.2 Å². The molecule has 26 heavy (non-hydrogen) atoms. The topological polar surface area (TPSA) is 69.6 Å². The number of aliphatic carboxylic acids is 1. The minimum absolute atomic E-state index is 0.332. The largest absolute Gasteiger partial charge is 0.481 e. The van der Waals surface area contributed by atoms with Crippen molar-refractivity contribution in [2.24, 2.45) is 17.8 Å². The van der Waals surface area contributed by atoms with E-state index < -0.39 is 5.97 Å². The Morgan fingerprint density at radius 1 is 1.19 bits per heavy atom. The van der Waals surface area contributed by atoms with Gasteiger partial charge in [0.05, 0.1) is 5.69 Å². The predicted octanol–water partition coefficient (Wildman–Crippen LogP) is 2.67. The summed E-state index contributed by atoms with van der Waals surface area (Å²) in [6, 6.07) is 0.535. The van der Waals surface area contributed by atoms with Crippen LogP contribution in [0.3, 0.4) is 0 Å². The van der Waals surface area contributed by atoms with Gasteiger partial charge in [-0.1, -0.05) is 6.92 Å². The van der Waals surface area contributed by atoms with Crippen molar-refractivity contribution in [2.45, 2.75) is 57.9 Å². The summed E-state index contributed by atoms with van der Waals surface area (Å²) in [5.41, 5.74) is 2.61. The van der Waals surface area contributed by atoms with Crippen LogP contribution in [-0.4, -0.2) is 46.7 Å². The summed E-state index contributed by atoms with van der Waals surface area (Å²) in [5, 5.41) is 9.16. The number of nitrogens with zero attached hydrogens (tertiary/aromatic N) is 4. The molecule has 6 heteroatoms. The summed E-state index contributed by atoms with van der Waals surface area (Å²) in [6.45, 7) is 7.50. The molecule has 1 aromatic rings. The highest BCUT2D eigenvalue weighted by Crippen LogP contribution is 2.49. The third kappa shape index (κ3) is 2.41. The molecule has 0 aromatic carbocycles. The van der Waals surface area contributed by atoms with E-state index in [1.54, 1.807) is 0 Å². The van der Waals surface area contributed by atoms with E-state index in [9.17, 15) is 4.79 Å². The summed E-state index contributed by atoms with van der Waals surface area (Å²) < 4.78 is 0. The quantitative estimate of drug-likeness (QED) is 0.894. The molecule has 2 aliphatic carbocycles. The smallest absolute Gasteiger partial charge is 0.303 e. The number of carbonyl (C=O) groups is 1. The van der Waals surface area contributed by atoms with E-state index in [0.29, 0.717) is 36.1 Å². The fraction of sp³-hybridized carbons (Fsp3) is 0.750. The molecule has 0 amide bonds. The van der Waals surface area contributed by atoms with Crippen LogP contribution in [0.5, 0.6) is 0 Å². The minimum Gasteiger partial charge on any atom is -0.481 e. The Morgan fingerprint density at radius 2 is 1.96 bits per heavy atom. The lowest BCUT2D eigenvalue weighted by atomic mass is 9.60. The summed E-state index contributed by atoms with van der Waals surface area (Å²) in [5.74, 6) is 3.32. The molecule has 4 heterocycles. The summed E-state index contributed by atoms with van der Waals surface area (Å²) in [7, 11) is 0. The lowest BCUT2D eigenvalue weighted by molar-refractivity contribution is -0.141. The van der Waals surface area contributed by atoms with Crippen molar-refractivity contribution in [1.29, 1.82) is 0 Å². The molecule has 5 atom stereocenters. The Labute approximate surface area is 154 Å². The molecular weight excluding hydrogens is 328 g/mol. The van der Waals surface area contributed by atoms with Crippen molar-refractivity contribution >= 4 is 17.7 Å². The van der Waals surface area contributed by atoms with Gasteiger partial charge in [-0.25, -0.2) is 4.98 Å². The second-order valence-corrected chi connectivity index (χ2v) is 8.90. The van der Waals surface area contributed by atoms with Crippen LogP contribution in [0.25, 0.3) is 0 Å². The Kier molecular flexibility index (Phi) is 3.66. The Balaban J connectivity index is 1.44. The van der Waals surface area contributed by atoms with Crippen molar-refractivity contribution in [2.75, 3.05) is 29.4 Å². The molecule has 3 saturated heterocycles. The first-order valence-corrected chi connectivity index (χ1v) is 10.2. The monoisotopic (exact) mass is 356 g/mol. The first kappa shape index (κ1) is 16.3. The van der Waals surface area contributed by atoms with Gasteiger partial charge in [-0.15, -0.1) is 0 Å². The molecule has 3 aliphatic heterocycles. The molecule has 1 aromatic heterocycles. The van der Waals surface area contributed by atoms with E-state index in [-0.39, 0.29) is 0 Å². The van der Waals surface area contributed by atoms with Crippen LogP contribution in [0.2, 0.25) is 0 Å². The summed E-state index contributed by atoms with van der Waals surface area (Å²) >= 11 is 0. The highest BCUT2D eigenvalue weighted by atomic mass is 16.4. The maximum absolute atomic E-state index is 11.1. The Bertz CT molecular complexity index is 740. The fourth-order valence-corrected chi connectivity index (χ4v) is 5.52. The molecule has 0 unspecified atom stereocenters. The third-order valence-electron chi connectivity index (χ3n) is 7.31. The number of hydrogen-bond acceptors (Lipinski definition) is 5. The fourth-order valence-electron chi connectivity index (χ4n) is 5.52. The van der Waals surface area contributed by atoms with Crippen LogP contribution in [0.1, 0.15) is 56.7 Å². The number of hydrogen-bond donors (Lipinski definition) is 1. The first-order valence-electron chi connectivity index (χ1n) is 10.2. The van der Waals surface area contributed by atoms with E-state index in [4.69, 9.17) is 15.1 Å². The number of rotatable bonds is 4. The molecule has 6 rings (SSSR count). The van der Waals surface area contributed by atoms with Gasteiger partial charge in [0.2, 0.25) is 5.95 Å². The zero-order valence-electron chi connectivity index (χ0n) is 15.7. The van der Waals surface area contributed by atoms with Gasteiger partial charge in [-0.3, -0.25) is 4.79 Å². The standard InChI is InChI=1S/C20H28N4O2/c1-11-3-4-15-18(11)21-20(24-6-5-12(24)2)22-19(15)23-9-13-7-14(10-23)16(13)8-17(25)26/h11-14,16H,3-10H2,1-2H3,(H,25,26)/t11-,12+,13-,14+,16+/m1/s1. The SMILES string of the molecule is C[C@@H]1CCc2c1nc(N1CC[C@@H]1C)nc2N1C[C@H]2C[C@@H](C1)[C@H]2CC(=O)O. The van der Waals surface area contributed by atoms with Gasteiger partial charge in [0, 0.05) is 37.7 Å². The van der Waals surface area contributed by atoms with E-state index in [2.05, 4.69) is 23.6 Å². The van der Waals surface area contributed by atoms with Crippen molar-refractivity contribution < 1.29 is 9.90 Å². The summed E-state index contributed by atoms with van der Waals surface area (Å²) in [6.07, 6.45) is 4.98. The maximum atomic E-state index is 11.1. The van der Waals surface area contributed by atoms with E-state index in [1.807, 2.05) is 0 Å². The zero-order valence-corrected chi connectivity index (χ0v) is 15.7. The molecule has 5 aliphatic rings. The van der Waals surface area contributed by atoms with E-state index in [0.717, 1.165) is 37.8 Å². The second kappa shape index (κ2) is 5.83. The van der Waals surface area contributed by atoms with Gasteiger partial charge < -0.3 is 14.9 Å². The molecular formula is C20H28N4O2. The molecule has 0 spiro atoms.